The minimum Gasteiger partial charge on any atom is -0.349 e. The second-order valence-corrected chi connectivity index (χ2v) is 5.39. The van der Waals surface area contributed by atoms with Crippen LogP contribution < -0.4 is 10.6 Å². The average molecular weight is 322 g/mol. The van der Waals surface area contributed by atoms with Crippen LogP contribution in [0, 0.1) is 6.92 Å². The molecule has 118 valence electrons. The molecule has 0 radical (unpaired) electrons. The van der Waals surface area contributed by atoms with Crippen LogP contribution in [0.3, 0.4) is 0 Å². The fourth-order valence-electron chi connectivity index (χ4n) is 2.43. The van der Waals surface area contributed by atoms with Gasteiger partial charge < -0.3 is 10.6 Å². The number of hydrogen-bond acceptors (Lipinski definition) is 4. The van der Waals surface area contributed by atoms with Gasteiger partial charge >= 0.3 is 0 Å². The lowest BCUT2D eigenvalue weighted by molar-refractivity contribution is 0.0945. The molecule has 0 saturated carbocycles. The van der Waals surface area contributed by atoms with Gasteiger partial charge in [-0.1, -0.05) is 22.9 Å². The molecule has 2 heterocycles. The van der Waals surface area contributed by atoms with E-state index in [4.69, 9.17) is 0 Å². The number of hydrogen-bond donors (Lipinski definition) is 2. The molecule has 3 rings (SSSR count). The Morgan fingerprint density at radius 2 is 2.18 bits per heavy atom. The largest absolute Gasteiger partial charge is 0.349 e. The summed E-state index contributed by atoms with van der Waals surface area (Å²) in [6.07, 6.45) is 3.93. The molecule has 1 aliphatic heterocycles. The highest BCUT2D eigenvalue weighted by Crippen LogP contribution is 2.08. The summed E-state index contributed by atoms with van der Waals surface area (Å²) in [5.41, 5.74) is 2.42. The maximum atomic E-state index is 12.0. The van der Waals surface area contributed by atoms with Gasteiger partial charge in [0.25, 0.3) is 5.91 Å². The number of rotatable bonds is 4. The van der Waals surface area contributed by atoms with E-state index in [9.17, 15) is 4.79 Å². The molecule has 1 atom stereocenters. The molecule has 1 aromatic carbocycles. The predicted octanol–water partition coefficient (Wildman–Crippen LogP) is 1.48. The number of nitrogens with one attached hydrogen (secondary N) is 2. The van der Waals surface area contributed by atoms with Gasteiger partial charge in [-0.15, -0.1) is 17.5 Å². The van der Waals surface area contributed by atoms with Crippen molar-refractivity contribution in [3.05, 3.63) is 41.7 Å². The Morgan fingerprint density at radius 1 is 1.41 bits per heavy atom. The van der Waals surface area contributed by atoms with Crippen LogP contribution in [0.15, 0.2) is 30.5 Å². The maximum absolute atomic E-state index is 12.0. The van der Waals surface area contributed by atoms with Gasteiger partial charge in [-0.25, -0.2) is 4.68 Å². The van der Waals surface area contributed by atoms with Crippen LogP contribution in [-0.2, 0) is 0 Å². The van der Waals surface area contributed by atoms with Crippen LogP contribution in [0.5, 0.6) is 0 Å². The monoisotopic (exact) mass is 321 g/mol. The molecule has 0 aliphatic carbocycles. The first-order chi connectivity index (χ1) is 10.2. The van der Waals surface area contributed by atoms with Crippen LogP contribution in [0.1, 0.15) is 28.9 Å². The summed E-state index contributed by atoms with van der Waals surface area (Å²) in [6.45, 7) is 3.70. The lowest BCUT2D eigenvalue weighted by Crippen LogP contribution is -2.37. The highest BCUT2D eigenvalue weighted by atomic mass is 35.5. The van der Waals surface area contributed by atoms with E-state index in [0.717, 1.165) is 18.7 Å². The van der Waals surface area contributed by atoms with E-state index in [1.54, 1.807) is 10.9 Å². The smallest absolute Gasteiger partial charge is 0.273 e. The predicted molar refractivity (Wildman–Crippen MR) is 86.7 cm³/mol. The molecule has 6 nitrogen and oxygen atoms in total. The fourth-order valence-corrected chi connectivity index (χ4v) is 2.43. The Morgan fingerprint density at radius 3 is 2.86 bits per heavy atom. The number of benzene rings is 1. The molecular weight excluding hydrogens is 302 g/mol. The molecule has 22 heavy (non-hydrogen) atoms. The lowest BCUT2D eigenvalue weighted by Gasteiger charge is -2.09. The summed E-state index contributed by atoms with van der Waals surface area (Å²) < 4.78 is 1.61. The zero-order chi connectivity index (χ0) is 14.7. The van der Waals surface area contributed by atoms with Crippen molar-refractivity contribution in [3.63, 3.8) is 0 Å². The summed E-state index contributed by atoms with van der Waals surface area (Å²) in [5.74, 6) is -0.179. The van der Waals surface area contributed by atoms with Crippen LogP contribution in [0.2, 0.25) is 0 Å². The van der Waals surface area contributed by atoms with Crippen LogP contribution in [-0.4, -0.2) is 40.0 Å². The molecule has 0 spiro atoms. The van der Waals surface area contributed by atoms with Crippen molar-refractivity contribution >= 4 is 18.3 Å². The van der Waals surface area contributed by atoms with Gasteiger partial charge in [0.15, 0.2) is 5.69 Å². The number of carbonyl (C=O) groups is 1. The van der Waals surface area contributed by atoms with E-state index < -0.39 is 0 Å². The number of aryl methyl sites for hydroxylation is 1. The molecule has 0 bridgehead atoms. The molecule has 2 aromatic rings. The highest BCUT2D eigenvalue weighted by molar-refractivity contribution is 5.91. The van der Waals surface area contributed by atoms with Gasteiger partial charge in [0.1, 0.15) is 0 Å². The molecule has 2 N–H and O–H groups in total. The first-order valence-electron chi connectivity index (χ1n) is 7.23. The van der Waals surface area contributed by atoms with Gasteiger partial charge in [0.05, 0.1) is 11.9 Å². The van der Waals surface area contributed by atoms with E-state index in [1.165, 1.54) is 12.0 Å². The van der Waals surface area contributed by atoms with Crippen molar-refractivity contribution in [2.75, 3.05) is 13.1 Å². The summed E-state index contributed by atoms with van der Waals surface area (Å²) >= 11 is 0. The Bertz CT molecular complexity index is 619. The Labute approximate surface area is 135 Å². The summed E-state index contributed by atoms with van der Waals surface area (Å²) in [4.78, 5) is 12.0. The number of carbonyl (C=O) groups excluding carboxylic acids is 1. The average Bonchev–Trinajstić information content (AvgIpc) is 3.17. The van der Waals surface area contributed by atoms with Crippen LogP contribution in [0.25, 0.3) is 5.69 Å². The molecule has 1 fully saturated rings. The number of amides is 1. The molecule has 1 aliphatic rings. The minimum atomic E-state index is -0.179. The third-order valence-corrected chi connectivity index (χ3v) is 3.70. The van der Waals surface area contributed by atoms with Crippen molar-refractivity contribution in [1.82, 2.24) is 25.6 Å². The first-order valence-corrected chi connectivity index (χ1v) is 7.23. The second kappa shape index (κ2) is 7.38. The fraction of sp³-hybridized carbons (Fsp3) is 0.400. The van der Waals surface area contributed by atoms with Crippen molar-refractivity contribution in [3.8, 4) is 5.69 Å². The second-order valence-electron chi connectivity index (χ2n) is 5.39. The Hall–Kier alpha value is -1.92. The normalized spacial score (nSPS) is 17.0. The summed E-state index contributed by atoms with van der Waals surface area (Å²) in [5, 5.41) is 14.2. The van der Waals surface area contributed by atoms with Gasteiger partial charge in [-0.05, 0) is 38.4 Å². The van der Waals surface area contributed by atoms with E-state index in [2.05, 4.69) is 20.9 Å². The molecular formula is C15H20ClN5O. The first kappa shape index (κ1) is 16.5. The zero-order valence-electron chi connectivity index (χ0n) is 12.5. The van der Waals surface area contributed by atoms with Crippen molar-refractivity contribution in [2.24, 2.45) is 0 Å². The van der Waals surface area contributed by atoms with E-state index in [1.807, 2.05) is 31.2 Å². The number of aromatic nitrogens is 3. The summed E-state index contributed by atoms with van der Waals surface area (Å²) in [7, 11) is 0. The van der Waals surface area contributed by atoms with Crippen molar-refractivity contribution in [1.29, 1.82) is 0 Å². The van der Waals surface area contributed by atoms with Crippen molar-refractivity contribution in [2.45, 2.75) is 25.8 Å². The Kier molecular flexibility index (Phi) is 5.51. The van der Waals surface area contributed by atoms with E-state index >= 15 is 0 Å². The van der Waals surface area contributed by atoms with Crippen molar-refractivity contribution < 1.29 is 4.79 Å². The van der Waals surface area contributed by atoms with Gasteiger partial charge in [0.2, 0.25) is 0 Å². The maximum Gasteiger partial charge on any atom is 0.273 e. The number of nitrogens with zero attached hydrogens (tertiary/aromatic N) is 3. The number of halogens is 1. The van der Waals surface area contributed by atoms with Crippen LogP contribution >= 0.6 is 12.4 Å². The Balaban J connectivity index is 0.00000176. The van der Waals surface area contributed by atoms with E-state index in [0.29, 0.717) is 18.3 Å². The molecule has 1 saturated heterocycles. The summed E-state index contributed by atoms with van der Waals surface area (Å²) in [6, 6.07) is 8.29. The van der Waals surface area contributed by atoms with E-state index in [-0.39, 0.29) is 18.3 Å². The quantitative estimate of drug-likeness (QED) is 0.894. The molecule has 7 heteroatoms. The third-order valence-electron chi connectivity index (χ3n) is 3.70. The van der Waals surface area contributed by atoms with Gasteiger partial charge in [-0.3, -0.25) is 4.79 Å². The van der Waals surface area contributed by atoms with Gasteiger partial charge in [-0.2, -0.15) is 0 Å². The standard InChI is InChI=1S/C15H19N5O.ClH/c1-11-4-6-13(7-5-11)20-10-14(18-19-20)15(21)17-9-12-3-2-8-16-12;/h4-7,10,12,16H,2-3,8-9H2,1H3,(H,17,21);1H. The lowest BCUT2D eigenvalue weighted by atomic mass is 10.2. The minimum absolute atomic E-state index is 0. The topological polar surface area (TPSA) is 71.8 Å². The zero-order valence-corrected chi connectivity index (χ0v) is 13.3. The van der Waals surface area contributed by atoms with Gasteiger partial charge in [0, 0.05) is 12.6 Å². The molecule has 1 aromatic heterocycles. The third kappa shape index (κ3) is 3.84. The highest BCUT2D eigenvalue weighted by Gasteiger charge is 2.17. The molecule has 1 amide bonds. The van der Waals surface area contributed by atoms with Crippen LogP contribution in [0.4, 0.5) is 0 Å². The SMILES string of the molecule is Cc1ccc(-n2cc(C(=O)NCC3CCCN3)nn2)cc1.Cl. The molecule has 1 unspecified atom stereocenters.